The Morgan fingerprint density at radius 2 is 1.13 bits per heavy atom. The van der Waals surface area contributed by atoms with Gasteiger partial charge in [-0.2, -0.15) is 0 Å². The highest BCUT2D eigenvalue weighted by Gasteiger charge is 2.30. The van der Waals surface area contributed by atoms with Crippen LogP contribution in [-0.2, 0) is 14.3 Å². The Bertz CT molecular complexity index is 990. The lowest BCUT2D eigenvalue weighted by molar-refractivity contribution is -0.143. The van der Waals surface area contributed by atoms with Crippen LogP contribution in [0.1, 0.15) is 142 Å². The number of carbonyl (C=O) groups excluding carboxylic acids is 1. The molecule has 14 nitrogen and oxygen atoms in total. The lowest BCUT2D eigenvalue weighted by atomic mass is 10.0. The number of unbranched alkanes of at least 4 members (excludes halogenated alkanes) is 15. The number of rotatable bonds is 34. The van der Waals surface area contributed by atoms with Gasteiger partial charge in [-0.05, 0) is 19.3 Å². The first-order valence-electron chi connectivity index (χ1n) is 19.4. The number of allylic oxidation sites excluding steroid dienone is 1. The minimum Gasteiger partial charge on any atom is -0.506 e. The molecule has 6 atom stereocenters. The second-order valence-electron chi connectivity index (χ2n) is 13.3. The van der Waals surface area contributed by atoms with Crippen LogP contribution in [0.4, 0.5) is 0 Å². The molecule has 306 valence electrons. The first kappa shape index (κ1) is 49.6. The summed E-state index contributed by atoms with van der Waals surface area (Å²) in [6.07, 6.45) is 12.3. The van der Waals surface area contributed by atoms with Gasteiger partial charge in [0.25, 0.3) is 0 Å². The van der Waals surface area contributed by atoms with Crippen LogP contribution >= 0.6 is 0 Å². The first-order chi connectivity index (χ1) is 24.9. The molecule has 0 aromatic heterocycles. The van der Waals surface area contributed by atoms with Crippen molar-refractivity contribution in [3.63, 3.8) is 0 Å². The smallest absolute Gasteiger partial charge is 0.220 e. The number of aliphatic hydroxyl groups is 10. The van der Waals surface area contributed by atoms with Gasteiger partial charge in [0.2, 0.25) is 18.5 Å². The standard InChI is InChI=1S/C38H71NO13/c1-3-5-7-9-10-11-12-13-14-15-16-18-19-21-29(42)28(39-32(44)22-20-17-8-6-4-2)27-51-37(49)36(48)34(46)31(24-26-41)52-38(50)35(47)33(45)30(43)23-25-40/h19,21,28-31,37-38,40-43,45-50H,3-18,20,22-27H2,1-2H3,(H,39,44)/b21-19+,35-33-,36-34-/t28-,29+,30?,31?,37?,38?/m0/s1. The lowest BCUT2D eigenvalue weighted by Crippen LogP contribution is -2.46. The summed E-state index contributed by atoms with van der Waals surface area (Å²) in [4.78, 5) is 12.7. The van der Waals surface area contributed by atoms with Gasteiger partial charge in [0.1, 0.15) is 12.2 Å². The highest BCUT2D eigenvalue weighted by molar-refractivity contribution is 5.76. The van der Waals surface area contributed by atoms with Crippen LogP contribution in [0, 0.1) is 0 Å². The van der Waals surface area contributed by atoms with Crippen LogP contribution in [0.5, 0.6) is 0 Å². The second kappa shape index (κ2) is 32.0. The molecule has 0 fully saturated rings. The first-order valence-corrected chi connectivity index (χ1v) is 19.4. The molecule has 14 heteroatoms. The number of hydrogen-bond acceptors (Lipinski definition) is 13. The Morgan fingerprint density at radius 1 is 0.635 bits per heavy atom. The monoisotopic (exact) mass is 749 g/mol. The molecule has 0 rings (SSSR count). The van der Waals surface area contributed by atoms with E-state index < -0.39 is 86.2 Å². The van der Waals surface area contributed by atoms with Crippen molar-refractivity contribution >= 4 is 5.91 Å². The summed E-state index contributed by atoms with van der Waals surface area (Å²) in [6.45, 7) is 2.62. The zero-order valence-electron chi connectivity index (χ0n) is 31.6. The molecule has 0 bridgehead atoms. The SMILES string of the molecule is CCCCCCCCCCCCC/C=C/[C@@H](O)[C@H](COC(O)/C(O)=C(/O)C(CCO)OC(O)/C(O)=C(/O)C(O)CCO)NC(=O)CCCCCCC. The molecule has 0 saturated carbocycles. The molecule has 11 N–H and O–H groups in total. The third-order valence-electron chi connectivity index (χ3n) is 8.71. The van der Waals surface area contributed by atoms with Crippen molar-refractivity contribution in [3.8, 4) is 0 Å². The van der Waals surface area contributed by atoms with Gasteiger partial charge in [-0.3, -0.25) is 4.79 Å². The maximum atomic E-state index is 12.7. The average Bonchev–Trinajstić information content (AvgIpc) is 3.13. The fourth-order valence-electron chi connectivity index (χ4n) is 5.42. The Labute approximate surface area is 310 Å². The quantitative estimate of drug-likeness (QED) is 0.0174. The van der Waals surface area contributed by atoms with E-state index in [4.69, 9.17) is 14.6 Å². The van der Waals surface area contributed by atoms with Crippen molar-refractivity contribution in [2.75, 3.05) is 19.8 Å². The molecule has 0 heterocycles. The maximum absolute atomic E-state index is 12.7. The van der Waals surface area contributed by atoms with E-state index in [9.17, 15) is 50.8 Å². The van der Waals surface area contributed by atoms with E-state index in [-0.39, 0.29) is 18.7 Å². The van der Waals surface area contributed by atoms with Crippen molar-refractivity contribution in [3.05, 3.63) is 35.2 Å². The van der Waals surface area contributed by atoms with Crippen molar-refractivity contribution < 1.29 is 65.3 Å². The van der Waals surface area contributed by atoms with Crippen LogP contribution in [-0.4, -0.2) is 114 Å². The molecule has 0 aliphatic heterocycles. The second-order valence-corrected chi connectivity index (χ2v) is 13.3. The summed E-state index contributed by atoms with van der Waals surface area (Å²) in [6, 6.07) is -1.02. The molecule has 0 aliphatic rings. The van der Waals surface area contributed by atoms with Gasteiger partial charge in [-0.25, -0.2) is 0 Å². The largest absolute Gasteiger partial charge is 0.506 e. The topological polar surface area (TPSA) is 250 Å². The normalized spacial score (nSPS) is 16.5. The van der Waals surface area contributed by atoms with Crippen molar-refractivity contribution in [2.45, 2.75) is 179 Å². The molecule has 52 heavy (non-hydrogen) atoms. The lowest BCUT2D eigenvalue weighted by Gasteiger charge is -2.25. The molecule has 0 aromatic carbocycles. The number of ether oxygens (including phenoxy) is 2. The highest BCUT2D eigenvalue weighted by Crippen LogP contribution is 2.20. The zero-order chi connectivity index (χ0) is 39.1. The van der Waals surface area contributed by atoms with Gasteiger partial charge in [0.05, 0.1) is 18.8 Å². The van der Waals surface area contributed by atoms with Gasteiger partial charge in [0, 0.05) is 32.5 Å². The number of hydrogen-bond donors (Lipinski definition) is 11. The maximum Gasteiger partial charge on any atom is 0.220 e. The fraction of sp³-hybridized carbons (Fsp3) is 0.816. The van der Waals surface area contributed by atoms with Crippen LogP contribution < -0.4 is 5.32 Å². The Morgan fingerprint density at radius 3 is 1.67 bits per heavy atom. The molecule has 0 saturated heterocycles. The minimum atomic E-state index is -2.36. The Hall–Kier alpha value is -2.43. The van der Waals surface area contributed by atoms with E-state index in [0.717, 1.165) is 51.4 Å². The fourth-order valence-corrected chi connectivity index (χ4v) is 5.42. The molecular formula is C38H71NO13. The van der Waals surface area contributed by atoms with Gasteiger partial charge >= 0.3 is 0 Å². The van der Waals surface area contributed by atoms with Crippen molar-refractivity contribution in [1.82, 2.24) is 5.32 Å². The van der Waals surface area contributed by atoms with E-state index in [1.165, 1.54) is 51.4 Å². The Balaban J connectivity index is 5.36. The summed E-state index contributed by atoms with van der Waals surface area (Å²) in [5.74, 6) is -4.96. The molecule has 0 aliphatic carbocycles. The zero-order valence-corrected chi connectivity index (χ0v) is 31.6. The Kier molecular flexibility index (Phi) is 30.5. The number of nitrogens with one attached hydrogen (secondary N) is 1. The predicted molar refractivity (Wildman–Crippen MR) is 198 cm³/mol. The van der Waals surface area contributed by atoms with E-state index >= 15 is 0 Å². The van der Waals surface area contributed by atoms with Gasteiger partial charge < -0.3 is 65.9 Å². The summed E-state index contributed by atoms with van der Waals surface area (Å²) >= 11 is 0. The third kappa shape index (κ3) is 23.3. The number of aliphatic hydroxyl groups excluding tert-OH is 10. The molecular weight excluding hydrogens is 678 g/mol. The van der Waals surface area contributed by atoms with Gasteiger partial charge in [-0.1, -0.05) is 116 Å². The predicted octanol–water partition coefficient (Wildman–Crippen LogP) is 5.27. The molecule has 1 amide bonds. The number of carbonyl (C=O) groups is 1. The average molecular weight is 750 g/mol. The number of amides is 1. The van der Waals surface area contributed by atoms with E-state index in [1.807, 2.05) is 6.08 Å². The van der Waals surface area contributed by atoms with Gasteiger partial charge in [0.15, 0.2) is 23.0 Å². The summed E-state index contributed by atoms with van der Waals surface area (Å²) in [5, 5.41) is 103. The molecule has 0 spiro atoms. The van der Waals surface area contributed by atoms with E-state index in [1.54, 1.807) is 6.08 Å². The van der Waals surface area contributed by atoms with Crippen LogP contribution in [0.3, 0.4) is 0 Å². The van der Waals surface area contributed by atoms with Crippen LogP contribution in [0.2, 0.25) is 0 Å². The third-order valence-corrected chi connectivity index (χ3v) is 8.71. The van der Waals surface area contributed by atoms with E-state index in [2.05, 4.69) is 19.2 Å². The van der Waals surface area contributed by atoms with Gasteiger partial charge in [-0.15, -0.1) is 0 Å². The molecule has 0 radical (unpaired) electrons. The van der Waals surface area contributed by atoms with Crippen LogP contribution in [0.25, 0.3) is 0 Å². The van der Waals surface area contributed by atoms with Crippen LogP contribution in [0.15, 0.2) is 35.2 Å². The van der Waals surface area contributed by atoms with Crippen molar-refractivity contribution in [1.29, 1.82) is 0 Å². The summed E-state index contributed by atoms with van der Waals surface area (Å²) in [5.41, 5.74) is 0. The molecule has 0 aromatic rings. The van der Waals surface area contributed by atoms with Crippen molar-refractivity contribution in [2.24, 2.45) is 0 Å². The summed E-state index contributed by atoms with van der Waals surface area (Å²) < 4.78 is 10.3. The minimum absolute atomic E-state index is 0.222. The molecule has 4 unspecified atom stereocenters. The summed E-state index contributed by atoms with van der Waals surface area (Å²) in [7, 11) is 0. The highest BCUT2D eigenvalue weighted by atomic mass is 16.6. The van der Waals surface area contributed by atoms with E-state index in [0.29, 0.717) is 6.42 Å².